The summed E-state index contributed by atoms with van der Waals surface area (Å²) in [5.74, 6) is 0.0365. The molecule has 0 saturated carbocycles. The van der Waals surface area contributed by atoms with Crippen LogP contribution >= 0.6 is 0 Å². The minimum atomic E-state index is 0.0365. The third kappa shape index (κ3) is 4.55. The second-order valence-corrected chi connectivity index (χ2v) is 6.12. The van der Waals surface area contributed by atoms with Crippen LogP contribution in [0.25, 0.3) is 0 Å². The van der Waals surface area contributed by atoms with Crippen molar-refractivity contribution in [2.24, 2.45) is 5.41 Å². The van der Waals surface area contributed by atoms with Crippen LogP contribution in [-0.4, -0.2) is 39.3 Å². The Balaban J connectivity index is 1.96. The lowest BCUT2D eigenvalue weighted by atomic mass is 9.82. The Bertz CT molecular complexity index is 468. The van der Waals surface area contributed by atoms with Crippen LogP contribution in [0, 0.1) is 5.41 Å². The van der Waals surface area contributed by atoms with E-state index >= 15 is 0 Å². The minimum Gasteiger partial charge on any atom is -0.381 e. The smallest absolute Gasteiger partial charge is 0.251 e. The van der Waals surface area contributed by atoms with E-state index in [0.717, 1.165) is 56.7 Å². The van der Waals surface area contributed by atoms with Crippen LogP contribution in [0.2, 0.25) is 0 Å². The fourth-order valence-corrected chi connectivity index (χ4v) is 2.65. The molecule has 0 unspecified atom stereocenters. The molecule has 1 aromatic rings. The van der Waals surface area contributed by atoms with E-state index in [2.05, 4.69) is 17.6 Å². The Labute approximate surface area is 127 Å². The van der Waals surface area contributed by atoms with Gasteiger partial charge in [0.15, 0.2) is 0 Å². The highest BCUT2D eigenvalue weighted by molar-refractivity contribution is 5.95. The number of nitrogens with one attached hydrogen (secondary N) is 2. The summed E-state index contributed by atoms with van der Waals surface area (Å²) in [6, 6.07) is 7.85. The van der Waals surface area contributed by atoms with Crippen LogP contribution in [0.15, 0.2) is 24.3 Å². The molecule has 1 amide bonds. The van der Waals surface area contributed by atoms with E-state index in [1.54, 1.807) is 0 Å². The van der Waals surface area contributed by atoms with Gasteiger partial charge in [-0.05, 0) is 49.9 Å². The van der Waals surface area contributed by atoms with Gasteiger partial charge in [-0.3, -0.25) is 4.79 Å². The molecule has 4 nitrogen and oxygen atoms in total. The van der Waals surface area contributed by atoms with Crippen LogP contribution < -0.4 is 10.6 Å². The summed E-state index contributed by atoms with van der Waals surface area (Å²) >= 11 is 0. The molecular weight excluding hydrogens is 264 g/mol. The van der Waals surface area contributed by atoms with Crippen molar-refractivity contribution in [1.82, 2.24) is 10.6 Å². The van der Waals surface area contributed by atoms with E-state index in [9.17, 15) is 4.79 Å². The van der Waals surface area contributed by atoms with Gasteiger partial charge in [0.25, 0.3) is 5.91 Å². The third-order valence-electron chi connectivity index (χ3n) is 4.28. The van der Waals surface area contributed by atoms with Crippen molar-refractivity contribution in [2.45, 2.75) is 26.2 Å². The second-order valence-electron chi connectivity index (χ2n) is 6.12. The number of ether oxygens (including phenoxy) is 1. The van der Waals surface area contributed by atoms with E-state index in [1.165, 1.54) is 0 Å². The van der Waals surface area contributed by atoms with Crippen LogP contribution in [0.1, 0.15) is 35.7 Å². The average Bonchev–Trinajstić information content (AvgIpc) is 2.52. The Morgan fingerprint density at radius 3 is 2.71 bits per heavy atom. The lowest BCUT2D eigenvalue weighted by Gasteiger charge is -2.33. The van der Waals surface area contributed by atoms with Crippen molar-refractivity contribution < 1.29 is 9.53 Å². The zero-order valence-electron chi connectivity index (χ0n) is 13.1. The predicted octanol–water partition coefficient (Wildman–Crippen LogP) is 1.99. The molecule has 116 valence electrons. The number of carbonyl (C=O) groups excluding carboxylic acids is 1. The minimum absolute atomic E-state index is 0.0365. The summed E-state index contributed by atoms with van der Waals surface area (Å²) in [4.78, 5) is 12.5. The van der Waals surface area contributed by atoms with Crippen molar-refractivity contribution in [3.05, 3.63) is 35.4 Å². The molecular formula is C17H26N2O2. The Morgan fingerprint density at radius 2 is 2.00 bits per heavy atom. The summed E-state index contributed by atoms with van der Waals surface area (Å²) in [5.41, 5.74) is 2.05. The van der Waals surface area contributed by atoms with Crippen molar-refractivity contribution in [3.8, 4) is 0 Å². The van der Waals surface area contributed by atoms with Crippen molar-refractivity contribution in [1.29, 1.82) is 0 Å². The highest BCUT2D eigenvalue weighted by atomic mass is 16.5. The van der Waals surface area contributed by atoms with Crippen LogP contribution in [-0.2, 0) is 11.2 Å². The number of likely N-dealkylation sites (N-methyl/N-ethyl adjacent to an activating group) is 1. The SMILES string of the molecule is CNCCc1ccccc1C(=O)NCC1(C)CCOCC1. The Kier molecular flexibility index (Phi) is 5.76. The standard InChI is InChI=1S/C17H26N2O2/c1-17(8-11-21-12-9-17)13-19-16(20)15-6-4-3-5-14(15)7-10-18-2/h3-6,18H,7-13H2,1-2H3,(H,19,20). The molecule has 1 heterocycles. The molecule has 1 aliphatic rings. The first-order valence-corrected chi connectivity index (χ1v) is 7.73. The highest BCUT2D eigenvalue weighted by Gasteiger charge is 2.28. The summed E-state index contributed by atoms with van der Waals surface area (Å²) in [7, 11) is 1.93. The molecule has 1 aromatic carbocycles. The first-order valence-electron chi connectivity index (χ1n) is 7.73. The molecule has 0 aromatic heterocycles. The fraction of sp³-hybridized carbons (Fsp3) is 0.588. The van der Waals surface area contributed by atoms with Gasteiger partial charge in [0.1, 0.15) is 0 Å². The number of amides is 1. The van der Waals surface area contributed by atoms with Gasteiger partial charge in [-0.2, -0.15) is 0 Å². The molecule has 4 heteroatoms. The maximum absolute atomic E-state index is 12.5. The molecule has 2 N–H and O–H groups in total. The van der Waals surface area contributed by atoms with Gasteiger partial charge in [-0.1, -0.05) is 25.1 Å². The van der Waals surface area contributed by atoms with E-state index < -0.39 is 0 Å². The van der Waals surface area contributed by atoms with Gasteiger partial charge in [-0.15, -0.1) is 0 Å². The van der Waals surface area contributed by atoms with E-state index in [4.69, 9.17) is 4.74 Å². The second kappa shape index (κ2) is 7.57. The molecule has 1 fully saturated rings. The first kappa shape index (κ1) is 16.0. The summed E-state index contributed by atoms with van der Waals surface area (Å²) in [6.45, 7) is 5.41. The number of hydrogen-bond acceptors (Lipinski definition) is 3. The summed E-state index contributed by atoms with van der Waals surface area (Å²) in [6.07, 6.45) is 2.88. The molecule has 0 spiro atoms. The van der Waals surface area contributed by atoms with Gasteiger partial charge in [0.05, 0.1) is 0 Å². The zero-order chi connectivity index (χ0) is 15.1. The number of hydrogen-bond donors (Lipinski definition) is 2. The lowest BCUT2D eigenvalue weighted by molar-refractivity contribution is 0.0238. The van der Waals surface area contributed by atoms with E-state index in [0.29, 0.717) is 0 Å². The van der Waals surface area contributed by atoms with Crippen LogP contribution in [0.5, 0.6) is 0 Å². The Morgan fingerprint density at radius 1 is 1.29 bits per heavy atom. The highest BCUT2D eigenvalue weighted by Crippen LogP contribution is 2.28. The van der Waals surface area contributed by atoms with Gasteiger partial charge in [0, 0.05) is 25.3 Å². The quantitative estimate of drug-likeness (QED) is 0.842. The van der Waals surface area contributed by atoms with E-state index in [1.807, 2.05) is 31.3 Å². The summed E-state index contributed by atoms with van der Waals surface area (Å²) in [5, 5.41) is 6.24. The predicted molar refractivity (Wildman–Crippen MR) is 84.6 cm³/mol. The van der Waals surface area contributed by atoms with Crippen molar-refractivity contribution in [3.63, 3.8) is 0 Å². The maximum Gasteiger partial charge on any atom is 0.251 e. The topological polar surface area (TPSA) is 50.4 Å². The molecule has 0 radical (unpaired) electrons. The van der Waals surface area contributed by atoms with Gasteiger partial charge >= 0.3 is 0 Å². The van der Waals surface area contributed by atoms with Gasteiger partial charge in [0.2, 0.25) is 0 Å². The molecule has 2 rings (SSSR count). The fourth-order valence-electron chi connectivity index (χ4n) is 2.65. The molecule has 1 saturated heterocycles. The number of rotatable bonds is 6. The molecule has 0 atom stereocenters. The monoisotopic (exact) mass is 290 g/mol. The van der Waals surface area contributed by atoms with Gasteiger partial charge in [-0.25, -0.2) is 0 Å². The number of benzene rings is 1. The van der Waals surface area contributed by atoms with Gasteiger partial charge < -0.3 is 15.4 Å². The Hall–Kier alpha value is -1.39. The average molecular weight is 290 g/mol. The number of carbonyl (C=O) groups is 1. The third-order valence-corrected chi connectivity index (χ3v) is 4.28. The lowest BCUT2D eigenvalue weighted by Crippen LogP contribution is -2.39. The molecule has 0 bridgehead atoms. The van der Waals surface area contributed by atoms with E-state index in [-0.39, 0.29) is 11.3 Å². The van der Waals surface area contributed by atoms with Crippen molar-refractivity contribution >= 4 is 5.91 Å². The van der Waals surface area contributed by atoms with Crippen LogP contribution in [0.3, 0.4) is 0 Å². The molecule has 0 aliphatic carbocycles. The normalized spacial score (nSPS) is 17.4. The van der Waals surface area contributed by atoms with Crippen LogP contribution in [0.4, 0.5) is 0 Å². The molecule has 1 aliphatic heterocycles. The largest absolute Gasteiger partial charge is 0.381 e. The first-order chi connectivity index (χ1) is 10.1. The summed E-state index contributed by atoms with van der Waals surface area (Å²) < 4.78 is 5.40. The van der Waals surface area contributed by atoms with Crippen molar-refractivity contribution in [2.75, 3.05) is 33.4 Å². The molecule has 21 heavy (non-hydrogen) atoms. The maximum atomic E-state index is 12.5. The zero-order valence-corrected chi connectivity index (χ0v) is 13.1.